The summed E-state index contributed by atoms with van der Waals surface area (Å²) < 4.78 is 10.4. The van der Waals surface area contributed by atoms with E-state index in [1.165, 1.54) is 0 Å². The van der Waals surface area contributed by atoms with Crippen LogP contribution in [-0.4, -0.2) is 40.8 Å². The molecular formula is C15H16BrNO4. The summed E-state index contributed by atoms with van der Waals surface area (Å²) in [4.78, 5) is 25.6. The number of hydrogen-bond acceptors (Lipinski definition) is 4. The van der Waals surface area contributed by atoms with Gasteiger partial charge in [0, 0.05) is 11.2 Å². The maximum absolute atomic E-state index is 12.2. The van der Waals surface area contributed by atoms with Crippen LogP contribution in [0.2, 0.25) is 0 Å². The van der Waals surface area contributed by atoms with Gasteiger partial charge in [-0.3, -0.25) is 4.79 Å². The Hall–Kier alpha value is -1.56. The van der Waals surface area contributed by atoms with Crippen molar-refractivity contribution in [3.05, 3.63) is 29.8 Å². The number of benzene rings is 1. The minimum Gasteiger partial charge on any atom is -0.497 e. The monoisotopic (exact) mass is 353 g/mol. The normalized spacial score (nSPS) is 27.0. The molecule has 21 heavy (non-hydrogen) atoms. The summed E-state index contributed by atoms with van der Waals surface area (Å²) in [5.41, 5.74) is 0.893. The van der Waals surface area contributed by atoms with Crippen LogP contribution in [0.5, 0.6) is 5.75 Å². The van der Waals surface area contributed by atoms with Crippen molar-refractivity contribution in [3.8, 4) is 5.75 Å². The molecule has 2 aliphatic rings. The van der Waals surface area contributed by atoms with E-state index >= 15 is 0 Å². The number of rotatable bonds is 4. The zero-order chi connectivity index (χ0) is 15.0. The Morgan fingerprint density at radius 2 is 2.10 bits per heavy atom. The number of fused-ring (bicyclic) bond motifs is 1. The molecule has 112 valence electrons. The Morgan fingerprint density at radius 1 is 1.38 bits per heavy atom. The fourth-order valence-electron chi connectivity index (χ4n) is 2.83. The molecule has 0 radical (unpaired) electrons. The van der Waals surface area contributed by atoms with Crippen LogP contribution >= 0.6 is 15.9 Å². The zero-order valence-corrected chi connectivity index (χ0v) is 13.2. The molecule has 0 aliphatic carbocycles. The molecule has 2 unspecified atom stereocenters. The van der Waals surface area contributed by atoms with Gasteiger partial charge in [-0.15, -0.1) is 0 Å². The predicted octanol–water partition coefficient (Wildman–Crippen LogP) is 1.88. The molecule has 1 amide bonds. The zero-order valence-electron chi connectivity index (χ0n) is 11.6. The van der Waals surface area contributed by atoms with Gasteiger partial charge in [-0.2, -0.15) is 0 Å². The van der Waals surface area contributed by atoms with Crippen molar-refractivity contribution in [1.29, 1.82) is 0 Å². The van der Waals surface area contributed by atoms with Gasteiger partial charge < -0.3 is 14.4 Å². The van der Waals surface area contributed by atoms with Crippen LogP contribution in [0.1, 0.15) is 18.4 Å². The van der Waals surface area contributed by atoms with E-state index in [0.29, 0.717) is 12.8 Å². The number of ether oxygens (including phenoxy) is 2. The average Bonchev–Trinajstić information content (AvgIpc) is 2.76. The van der Waals surface area contributed by atoms with E-state index in [2.05, 4.69) is 15.9 Å². The van der Waals surface area contributed by atoms with Crippen molar-refractivity contribution in [2.24, 2.45) is 0 Å². The Labute approximate surface area is 131 Å². The van der Waals surface area contributed by atoms with Gasteiger partial charge in [0.2, 0.25) is 5.91 Å². The van der Waals surface area contributed by atoms with Crippen LogP contribution in [0.25, 0.3) is 0 Å². The molecule has 0 saturated carbocycles. The maximum atomic E-state index is 12.2. The number of β-lactam (4-membered cyclic amide) rings is 1. The SMILES string of the molecule is COc1ccc(COC(=O)C2CC(Br)[C@@H]3CC(=O)N23)cc1. The Kier molecular flexibility index (Phi) is 3.89. The van der Waals surface area contributed by atoms with Crippen molar-refractivity contribution < 1.29 is 19.1 Å². The third-order valence-electron chi connectivity index (χ3n) is 4.04. The van der Waals surface area contributed by atoms with Gasteiger partial charge in [-0.25, -0.2) is 4.79 Å². The number of hydrogen-bond donors (Lipinski definition) is 0. The Balaban J connectivity index is 1.57. The largest absolute Gasteiger partial charge is 0.497 e. The van der Waals surface area contributed by atoms with Crippen LogP contribution in [0.4, 0.5) is 0 Å². The van der Waals surface area contributed by atoms with E-state index < -0.39 is 6.04 Å². The van der Waals surface area contributed by atoms with Gasteiger partial charge in [-0.05, 0) is 24.1 Å². The molecule has 0 bridgehead atoms. The van der Waals surface area contributed by atoms with E-state index in [4.69, 9.17) is 9.47 Å². The highest BCUT2D eigenvalue weighted by Gasteiger charge is 2.53. The molecule has 2 saturated heterocycles. The van der Waals surface area contributed by atoms with Crippen molar-refractivity contribution >= 4 is 27.8 Å². The summed E-state index contributed by atoms with van der Waals surface area (Å²) in [5, 5.41) is 0. The fourth-order valence-corrected chi connectivity index (χ4v) is 3.62. The fraction of sp³-hybridized carbons (Fsp3) is 0.467. The minimum absolute atomic E-state index is 0.0355. The first kappa shape index (κ1) is 14.4. The second-order valence-electron chi connectivity index (χ2n) is 5.30. The van der Waals surface area contributed by atoms with Gasteiger partial charge in [0.1, 0.15) is 18.4 Å². The summed E-state index contributed by atoms with van der Waals surface area (Å²) in [5.74, 6) is 0.469. The molecule has 0 N–H and O–H groups in total. The lowest BCUT2D eigenvalue weighted by molar-refractivity contribution is -0.161. The number of carbonyl (C=O) groups is 2. The molecule has 0 aromatic heterocycles. The van der Waals surface area contributed by atoms with Gasteiger partial charge >= 0.3 is 5.97 Å². The number of halogens is 1. The third kappa shape index (κ3) is 2.64. The van der Waals surface area contributed by atoms with Crippen LogP contribution in [0.15, 0.2) is 24.3 Å². The summed E-state index contributed by atoms with van der Waals surface area (Å²) >= 11 is 3.53. The topological polar surface area (TPSA) is 55.8 Å². The summed E-state index contributed by atoms with van der Waals surface area (Å²) in [6.07, 6.45) is 1.15. The first-order valence-electron chi connectivity index (χ1n) is 6.85. The summed E-state index contributed by atoms with van der Waals surface area (Å²) in [6, 6.07) is 7.05. The molecule has 1 aromatic rings. The highest BCUT2D eigenvalue weighted by atomic mass is 79.9. The standard InChI is InChI=1S/C15H16BrNO4/c1-20-10-4-2-9(3-5-10)8-21-15(19)13-6-11(16)12-7-14(18)17(12)13/h2-5,11-13H,6-8H2,1H3/t11?,12-,13?/m0/s1. The van der Waals surface area contributed by atoms with E-state index in [0.717, 1.165) is 11.3 Å². The summed E-state index contributed by atoms with van der Waals surface area (Å²) in [7, 11) is 1.60. The van der Waals surface area contributed by atoms with E-state index in [1.807, 2.05) is 24.3 Å². The van der Waals surface area contributed by atoms with Gasteiger partial charge in [0.05, 0.1) is 13.2 Å². The highest BCUT2D eigenvalue weighted by molar-refractivity contribution is 9.09. The lowest BCUT2D eigenvalue weighted by Crippen LogP contribution is -2.56. The molecule has 5 nitrogen and oxygen atoms in total. The van der Waals surface area contributed by atoms with Gasteiger partial charge in [0.25, 0.3) is 0 Å². The van der Waals surface area contributed by atoms with Crippen LogP contribution in [-0.2, 0) is 20.9 Å². The molecule has 2 heterocycles. The predicted molar refractivity (Wildman–Crippen MR) is 79.2 cm³/mol. The maximum Gasteiger partial charge on any atom is 0.329 e. The number of amides is 1. The molecule has 3 rings (SSSR count). The van der Waals surface area contributed by atoms with Gasteiger partial charge in [0.15, 0.2) is 0 Å². The minimum atomic E-state index is -0.445. The van der Waals surface area contributed by atoms with Crippen molar-refractivity contribution in [1.82, 2.24) is 4.90 Å². The lowest BCUT2D eigenvalue weighted by Gasteiger charge is -2.38. The molecule has 2 aliphatic heterocycles. The number of carbonyl (C=O) groups excluding carboxylic acids is 2. The number of alkyl halides is 1. The number of methoxy groups -OCH3 is 1. The first-order valence-corrected chi connectivity index (χ1v) is 7.76. The molecule has 6 heteroatoms. The van der Waals surface area contributed by atoms with Crippen molar-refractivity contribution in [2.45, 2.75) is 36.4 Å². The third-order valence-corrected chi connectivity index (χ3v) is 5.03. The van der Waals surface area contributed by atoms with Gasteiger partial charge in [-0.1, -0.05) is 28.1 Å². The summed E-state index contributed by atoms with van der Waals surface area (Å²) in [6.45, 7) is 0.207. The first-order chi connectivity index (χ1) is 10.1. The average molecular weight is 354 g/mol. The molecule has 2 fully saturated rings. The van der Waals surface area contributed by atoms with E-state index in [-0.39, 0.29) is 29.4 Å². The molecular weight excluding hydrogens is 338 g/mol. The van der Waals surface area contributed by atoms with Crippen LogP contribution in [0.3, 0.4) is 0 Å². The Morgan fingerprint density at radius 3 is 2.71 bits per heavy atom. The number of nitrogens with zero attached hydrogens (tertiary/aromatic N) is 1. The highest BCUT2D eigenvalue weighted by Crippen LogP contribution is 2.39. The van der Waals surface area contributed by atoms with E-state index in [1.54, 1.807) is 12.0 Å². The van der Waals surface area contributed by atoms with Crippen LogP contribution in [0, 0.1) is 0 Å². The van der Waals surface area contributed by atoms with Crippen LogP contribution < -0.4 is 4.74 Å². The van der Waals surface area contributed by atoms with Crippen molar-refractivity contribution in [3.63, 3.8) is 0 Å². The van der Waals surface area contributed by atoms with E-state index in [9.17, 15) is 9.59 Å². The quantitative estimate of drug-likeness (QED) is 0.471. The van der Waals surface area contributed by atoms with Crippen molar-refractivity contribution in [2.75, 3.05) is 7.11 Å². The second-order valence-corrected chi connectivity index (χ2v) is 6.47. The molecule has 0 spiro atoms. The lowest BCUT2D eigenvalue weighted by atomic mass is 10.0. The number of esters is 1. The Bertz CT molecular complexity index is 559. The molecule has 1 aromatic carbocycles. The molecule has 3 atom stereocenters. The second kappa shape index (κ2) is 5.67. The smallest absolute Gasteiger partial charge is 0.329 e.